The van der Waals surface area contributed by atoms with Gasteiger partial charge in [0, 0.05) is 19.8 Å². The van der Waals surface area contributed by atoms with Crippen LogP contribution >= 0.6 is 0 Å². The molecule has 0 aromatic rings. The van der Waals surface area contributed by atoms with Gasteiger partial charge in [0.2, 0.25) is 0 Å². The zero-order valence-electron chi connectivity index (χ0n) is 8.31. The van der Waals surface area contributed by atoms with Crippen LogP contribution in [0.1, 0.15) is 26.2 Å². The van der Waals surface area contributed by atoms with Crippen molar-refractivity contribution in [2.75, 3.05) is 20.3 Å². The van der Waals surface area contributed by atoms with Crippen molar-refractivity contribution in [1.29, 1.82) is 0 Å². The second kappa shape index (κ2) is 8.75. The highest BCUT2D eigenvalue weighted by atomic mass is 16.5. The highest BCUT2D eigenvalue weighted by Crippen LogP contribution is 1.96. The Balaban J connectivity index is 3.07. The third-order valence-electron chi connectivity index (χ3n) is 1.82. The molecule has 0 aromatic heterocycles. The summed E-state index contributed by atoms with van der Waals surface area (Å²) in [6.07, 6.45) is 5.33. The minimum atomic E-state index is 0.597. The van der Waals surface area contributed by atoms with Crippen LogP contribution in [0.2, 0.25) is 0 Å². The number of nitrogens with one attached hydrogen (secondary N) is 1. The Labute approximate surface area is 76.0 Å². The third-order valence-corrected chi connectivity index (χ3v) is 1.82. The molecule has 0 aliphatic carbocycles. The van der Waals surface area contributed by atoms with Crippen molar-refractivity contribution in [2.24, 2.45) is 0 Å². The molecule has 0 aliphatic heterocycles. The van der Waals surface area contributed by atoms with Crippen LogP contribution in [0.15, 0.2) is 12.7 Å². The zero-order chi connectivity index (χ0) is 9.23. The summed E-state index contributed by atoms with van der Waals surface area (Å²) in [6.45, 7) is 7.80. The first-order chi connectivity index (χ1) is 5.81. The number of allylic oxidation sites excluding steroid dienone is 1. The summed E-state index contributed by atoms with van der Waals surface area (Å²) in [5.41, 5.74) is 0. The van der Waals surface area contributed by atoms with Crippen molar-refractivity contribution in [3.05, 3.63) is 12.7 Å². The normalized spacial score (nSPS) is 12.8. The summed E-state index contributed by atoms with van der Waals surface area (Å²) >= 11 is 0. The maximum atomic E-state index is 4.95. The molecule has 0 heterocycles. The molecule has 72 valence electrons. The van der Waals surface area contributed by atoms with Gasteiger partial charge < -0.3 is 10.1 Å². The first-order valence-electron chi connectivity index (χ1n) is 4.64. The van der Waals surface area contributed by atoms with Gasteiger partial charge in [-0.3, -0.25) is 0 Å². The van der Waals surface area contributed by atoms with Gasteiger partial charge in [-0.1, -0.05) is 6.08 Å². The topological polar surface area (TPSA) is 21.3 Å². The van der Waals surface area contributed by atoms with E-state index in [0.29, 0.717) is 6.04 Å². The Kier molecular flexibility index (Phi) is 8.51. The van der Waals surface area contributed by atoms with Gasteiger partial charge in [0.1, 0.15) is 0 Å². The van der Waals surface area contributed by atoms with E-state index in [9.17, 15) is 0 Å². The second-order valence-electron chi connectivity index (χ2n) is 3.07. The molecule has 1 N–H and O–H groups in total. The summed E-state index contributed by atoms with van der Waals surface area (Å²) in [6, 6.07) is 0.597. The van der Waals surface area contributed by atoms with Crippen molar-refractivity contribution >= 4 is 0 Å². The molecule has 0 aliphatic rings. The van der Waals surface area contributed by atoms with Crippen LogP contribution in [0, 0.1) is 0 Å². The standard InChI is InChI=1S/C10H21NO/c1-4-5-7-10(2)11-8-6-9-12-3/h4,10-11H,1,5-9H2,2-3H3. The lowest BCUT2D eigenvalue weighted by Gasteiger charge is -2.11. The summed E-state index contributed by atoms with van der Waals surface area (Å²) in [5, 5.41) is 3.42. The van der Waals surface area contributed by atoms with Crippen molar-refractivity contribution in [3.63, 3.8) is 0 Å². The molecule has 1 atom stereocenters. The molecule has 12 heavy (non-hydrogen) atoms. The van der Waals surface area contributed by atoms with Crippen molar-refractivity contribution in [2.45, 2.75) is 32.2 Å². The summed E-state index contributed by atoms with van der Waals surface area (Å²) < 4.78 is 4.95. The number of ether oxygens (including phenoxy) is 1. The van der Waals surface area contributed by atoms with E-state index in [1.807, 2.05) is 6.08 Å². The maximum Gasteiger partial charge on any atom is 0.0474 e. The molecule has 0 aromatic carbocycles. The predicted octanol–water partition coefficient (Wildman–Crippen LogP) is 1.97. The number of methoxy groups -OCH3 is 1. The van der Waals surface area contributed by atoms with Gasteiger partial charge in [-0.05, 0) is 32.7 Å². The van der Waals surface area contributed by atoms with Crippen LogP contribution in [0.5, 0.6) is 0 Å². The van der Waals surface area contributed by atoms with E-state index in [-0.39, 0.29) is 0 Å². The Morgan fingerprint density at radius 2 is 2.33 bits per heavy atom. The van der Waals surface area contributed by atoms with Gasteiger partial charge in [0.15, 0.2) is 0 Å². The summed E-state index contributed by atoms with van der Waals surface area (Å²) in [4.78, 5) is 0. The average Bonchev–Trinajstić information content (AvgIpc) is 2.09. The van der Waals surface area contributed by atoms with E-state index in [1.165, 1.54) is 6.42 Å². The van der Waals surface area contributed by atoms with E-state index in [0.717, 1.165) is 26.0 Å². The van der Waals surface area contributed by atoms with E-state index < -0.39 is 0 Å². The molecule has 0 saturated heterocycles. The fourth-order valence-electron chi connectivity index (χ4n) is 1.03. The maximum absolute atomic E-state index is 4.95. The molecule has 0 bridgehead atoms. The van der Waals surface area contributed by atoms with Gasteiger partial charge in [0.05, 0.1) is 0 Å². The van der Waals surface area contributed by atoms with Gasteiger partial charge in [-0.25, -0.2) is 0 Å². The average molecular weight is 171 g/mol. The Morgan fingerprint density at radius 1 is 1.58 bits per heavy atom. The Hall–Kier alpha value is -0.340. The van der Waals surface area contributed by atoms with Crippen LogP contribution in [0.3, 0.4) is 0 Å². The van der Waals surface area contributed by atoms with Crippen molar-refractivity contribution in [3.8, 4) is 0 Å². The minimum absolute atomic E-state index is 0.597. The minimum Gasteiger partial charge on any atom is -0.385 e. The van der Waals surface area contributed by atoms with Gasteiger partial charge in [0.25, 0.3) is 0 Å². The number of hydrogen-bond donors (Lipinski definition) is 1. The molecular weight excluding hydrogens is 150 g/mol. The Morgan fingerprint density at radius 3 is 2.92 bits per heavy atom. The van der Waals surface area contributed by atoms with Crippen LogP contribution < -0.4 is 5.32 Å². The number of rotatable bonds is 8. The monoisotopic (exact) mass is 171 g/mol. The second-order valence-corrected chi connectivity index (χ2v) is 3.07. The molecule has 2 heteroatoms. The predicted molar refractivity (Wildman–Crippen MR) is 53.4 cm³/mol. The third kappa shape index (κ3) is 7.76. The molecule has 0 radical (unpaired) electrons. The van der Waals surface area contributed by atoms with Crippen molar-refractivity contribution in [1.82, 2.24) is 5.32 Å². The quantitative estimate of drug-likeness (QED) is 0.445. The fourth-order valence-corrected chi connectivity index (χ4v) is 1.03. The van der Waals surface area contributed by atoms with Crippen LogP contribution in [0.25, 0.3) is 0 Å². The van der Waals surface area contributed by atoms with E-state index >= 15 is 0 Å². The molecule has 0 saturated carbocycles. The smallest absolute Gasteiger partial charge is 0.0474 e. The van der Waals surface area contributed by atoms with Crippen LogP contribution in [-0.2, 0) is 4.74 Å². The fraction of sp³-hybridized carbons (Fsp3) is 0.800. The molecule has 1 unspecified atom stereocenters. The highest BCUT2D eigenvalue weighted by Gasteiger charge is 1.97. The summed E-state index contributed by atoms with van der Waals surface area (Å²) in [7, 11) is 1.74. The summed E-state index contributed by atoms with van der Waals surface area (Å²) in [5.74, 6) is 0. The zero-order valence-corrected chi connectivity index (χ0v) is 8.31. The lowest BCUT2D eigenvalue weighted by atomic mass is 10.2. The first kappa shape index (κ1) is 11.7. The number of hydrogen-bond acceptors (Lipinski definition) is 2. The SMILES string of the molecule is C=CCCC(C)NCCCOC. The molecular formula is C10H21NO. The van der Waals surface area contributed by atoms with E-state index in [2.05, 4.69) is 18.8 Å². The molecule has 0 amide bonds. The Bertz CT molecular complexity index is 104. The van der Waals surface area contributed by atoms with Gasteiger partial charge >= 0.3 is 0 Å². The molecule has 0 spiro atoms. The van der Waals surface area contributed by atoms with Gasteiger partial charge in [-0.2, -0.15) is 0 Å². The van der Waals surface area contributed by atoms with Crippen LogP contribution in [0.4, 0.5) is 0 Å². The first-order valence-corrected chi connectivity index (χ1v) is 4.64. The van der Waals surface area contributed by atoms with Crippen molar-refractivity contribution < 1.29 is 4.74 Å². The van der Waals surface area contributed by atoms with E-state index in [4.69, 9.17) is 4.74 Å². The van der Waals surface area contributed by atoms with Crippen LogP contribution in [-0.4, -0.2) is 26.3 Å². The lowest BCUT2D eigenvalue weighted by molar-refractivity contribution is 0.193. The lowest BCUT2D eigenvalue weighted by Crippen LogP contribution is -2.27. The molecule has 0 rings (SSSR count). The van der Waals surface area contributed by atoms with E-state index in [1.54, 1.807) is 7.11 Å². The largest absolute Gasteiger partial charge is 0.385 e. The van der Waals surface area contributed by atoms with Gasteiger partial charge in [-0.15, -0.1) is 6.58 Å². The molecule has 2 nitrogen and oxygen atoms in total. The molecule has 0 fully saturated rings. The highest BCUT2D eigenvalue weighted by molar-refractivity contribution is 4.70.